The third-order valence-corrected chi connectivity index (χ3v) is 2.19. The summed E-state index contributed by atoms with van der Waals surface area (Å²) in [5.41, 5.74) is 4.57. The number of nitrogens with two attached hydrogens (primary N) is 1. The Labute approximate surface area is 96.8 Å². The van der Waals surface area contributed by atoms with E-state index in [1.807, 2.05) is 0 Å². The van der Waals surface area contributed by atoms with Gasteiger partial charge in [-0.25, -0.2) is 0 Å². The molecule has 0 aliphatic carbocycles. The van der Waals surface area contributed by atoms with Crippen molar-refractivity contribution in [1.29, 1.82) is 0 Å². The zero-order chi connectivity index (χ0) is 13.1. The van der Waals surface area contributed by atoms with Crippen LogP contribution in [0.1, 0.15) is 18.1 Å². The van der Waals surface area contributed by atoms with Gasteiger partial charge in [-0.2, -0.15) is 13.2 Å². The van der Waals surface area contributed by atoms with Crippen molar-refractivity contribution < 1.29 is 18.0 Å². The Morgan fingerprint density at radius 3 is 2.53 bits per heavy atom. The van der Waals surface area contributed by atoms with Crippen LogP contribution in [0.5, 0.6) is 0 Å². The quantitative estimate of drug-likeness (QED) is 0.852. The highest BCUT2D eigenvalue weighted by molar-refractivity contribution is 5.80. The first-order valence-electron chi connectivity index (χ1n) is 5.00. The minimum absolute atomic E-state index is 0.0222. The highest BCUT2D eigenvalue weighted by atomic mass is 19.4. The van der Waals surface area contributed by atoms with E-state index in [9.17, 15) is 18.0 Å². The van der Waals surface area contributed by atoms with Gasteiger partial charge in [0.25, 0.3) is 0 Å². The Balaban J connectivity index is 2.82. The van der Waals surface area contributed by atoms with Crippen molar-refractivity contribution in [2.24, 2.45) is 5.73 Å². The number of carbonyl (C=O) groups is 1. The molecule has 0 aliphatic heterocycles. The van der Waals surface area contributed by atoms with Crippen molar-refractivity contribution in [3.63, 3.8) is 0 Å². The van der Waals surface area contributed by atoms with E-state index in [0.717, 1.165) is 6.07 Å². The lowest BCUT2D eigenvalue weighted by molar-refractivity contribution is -0.138. The van der Waals surface area contributed by atoms with E-state index < -0.39 is 23.7 Å². The van der Waals surface area contributed by atoms with E-state index in [4.69, 9.17) is 5.73 Å². The highest BCUT2D eigenvalue weighted by Gasteiger charge is 2.32. The van der Waals surface area contributed by atoms with Gasteiger partial charge < -0.3 is 11.1 Å². The zero-order valence-electron chi connectivity index (χ0n) is 9.21. The van der Waals surface area contributed by atoms with Gasteiger partial charge in [-0.1, -0.05) is 18.2 Å². The first-order valence-corrected chi connectivity index (χ1v) is 5.00. The van der Waals surface area contributed by atoms with E-state index in [-0.39, 0.29) is 12.1 Å². The number of hydrogen-bond acceptors (Lipinski definition) is 2. The van der Waals surface area contributed by atoms with Crippen LogP contribution < -0.4 is 11.1 Å². The summed E-state index contributed by atoms with van der Waals surface area (Å²) < 4.78 is 37.8. The van der Waals surface area contributed by atoms with Crippen molar-refractivity contribution in [2.75, 3.05) is 0 Å². The average molecular weight is 246 g/mol. The number of carbonyl (C=O) groups excluding carboxylic acids is 1. The van der Waals surface area contributed by atoms with Crippen molar-refractivity contribution in [2.45, 2.75) is 25.7 Å². The molecular weight excluding hydrogens is 233 g/mol. The lowest BCUT2D eigenvalue weighted by Crippen LogP contribution is -2.38. The fourth-order valence-electron chi connectivity index (χ4n) is 1.29. The lowest BCUT2D eigenvalue weighted by Gasteiger charge is -2.13. The van der Waals surface area contributed by atoms with Gasteiger partial charge in [-0.3, -0.25) is 4.79 Å². The Hall–Kier alpha value is -1.56. The molecule has 94 valence electrons. The van der Waals surface area contributed by atoms with Gasteiger partial charge >= 0.3 is 6.18 Å². The fourth-order valence-corrected chi connectivity index (χ4v) is 1.29. The minimum atomic E-state index is -4.42. The average Bonchev–Trinajstić information content (AvgIpc) is 2.24. The van der Waals surface area contributed by atoms with Crippen LogP contribution in [0.4, 0.5) is 13.2 Å². The number of halogens is 3. The second-order valence-electron chi connectivity index (χ2n) is 3.66. The number of amides is 1. The summed E-state index contributed by atoms with van der Waals surface area (Å²) in [4.78, 5) is 11.2. The summed E-state index contributed by atoms with van der Waals surface area (Å²) in [7, 11) is 0. The van der Waals surface area contributed by atoms with Crippen LogP contribution in [0.3, 0.4) is 0 Å². The molecule has 1 aromatic carbocycles. The molecular formula is C11H13F3N2O. The Bertz CT molecular complexity index is 402. The summed E-state index contributed by atoms with van der Waals surface area (Å²) in [5.74, 6) is -0.484. The number of alkyl halides is 3. The van der Waals surface area contributed by atoms with E-state index >= 15 is 0 Å². The van der Waals surface area contributed by atoms with Crippen LogP contribution in [-0.4, -0.2) is 11.9 Å². The van der Waals surface area contributed by atoms with Crippen LogP contribution in [-0.2, 0) is 17.5 Å². The largest absolute Gasteiger partial charge is 0.416 e. The molecule has 0 saturated carbocycles. The van der Waals surface area contributed by atoms with Gasteiger partial charge in [0.15, 0.2) is 0 Å². The first kappa shape index (κ1) is 13.5. The molecule has 6 heteroatoms. The third-order valence-electron chi connectivity index (χ3n) is 2.19. The summed E-state index contributed by atoms with van der Waals surface area (Å²) >= 11 is 0. The molecule has 0 fully saturated rings. The molecule has 17 heavy (non-hydrogen) atoms. The number of hydrogen-bond donors (Lipinski definition) is 2. The van der Waals surface area contributed by atoms with Gasteiger partial charge in [0.05, 0.1) is 11.6 Å². The molecule has 1 atom stereocenters. The number of rotatable bonds is 3. The molecule has 3 nitrogen and oxygen atoms in total. The molecule has 1 aromatic rings. The molecule has 0 aliphatic rings. The van der Waals surface area contributed by atoms with E-state index in [1.54, 1.807) is 0 Å². The summed E-state index contributed by atoms with van der Waals surface area (Å²) in [6, 6.07) is 4.35. The molecule has 0 aromatic heterocycles. The lowest BCUT2D eigenvalue weighted by atomic mass is 10.1. The summed E-state index contributed by atoms with van der Waals surface area (Å²) in [6.45, 7) is 1.28. The molecule has 1 rings (SSSR count). The highest BCUT2D eigenvalue weighted by Crippen LogP contribution is 2.31. The van der Waals surface area contributed by atoms with Crippen molar-refractivity contribution >= 4 is 5.91 Å². The van der Waals surface area contributed by atoms with Crippen LogP contribution in [0, 0.1) is 0 Å². The third kappa shape index (κ3) is 3.74. The minimum Gasteiger partial charge on any atom is -0.351 e. The van der Waals surface area contributed by atoms with Crippen LogP contribution in [0.15, 0.2) is 24.3 Å². The van der Waals surface area contributed by atoms with Crippen LogP contribution in [0.2, 0.25) is 0 Å². The predicted octanol–water partition coefficient (Wildman–Crippen LogP) is 1.67. The Morgan fingerprint density at radius 1 is 1.41 bits per heavy atom. The molecule has 0 radical (unpaired) electrons. The maximum absolute atomic E-state index is 12.6. The van der Waals surface area contributed by atoms with Gasteiger partial charge in [-0.15, -0.1) is 0 Å². The Kier molecular flexibility index (Phi) is 4.11. The zero-order valence-corrected chi connectivity index (χ0v) is 9.21. The fraction of sp³-hybridized carbons (Fsp3) is 0.364. The van der Waals surface area contributed by atoms with Gasteiger partial charge in [0, 0.05) is 6.54 Å². The maximum Gasteiger partial charge on any atom is 0.416 e. The van der Waals surface area contributed by atoms with Crippen LogP contribution >= 0.6 is 0 Å². The van der Waals surface area contributed by atoms with E-state index in [1.165, 1.54) is 25.1 Å². The molecule has 1 amide bonds. The van der Waals surface area contributed by atoms with Crippen molar-refractivity contribution in [1.82, 2.24) is 5.32 Å². The van der Waals surface area contributed by atoms with Gasteiger partial charge in [0.1, 0.15) is 0 Å². The molecule has 3 N–H and O–H groups in total. The maximum atomic E-state index is 12.6. The molecule has 0 spiro atoms. The molecule has 0 unspecified atom stereocenters. The van der Waals surface area contributed by atoms with Crippen molar-refractivity contribution in [3.8, 4) is 0 Å². The first-order chi connectivity index (χ1) is 7.82. The van der Waals surface area contributed by atoms with Gasteiger partial charge in [0.2, 0.25) is 5.91 Å². The molecule has 0 bridgehead atoms. The predicted molar refractivity (Wildman–Crippen MR) is 56.9 cm³/mol. The summed E-state index contributed by atoms with van der Waals surface area (Å²) in [5, 5.41) is 2.35. The smallest absolute Gasteiger partial charge is 0.351 e. The standard InChI is InChI=1S/C11H13F3N2O/c1-7(15)10(17)16-6-8-4-2-3-5-9(8)11(12,13)14/h2-5,7H,6,15H2,1H3,(H,16,17)/t7-/m1/s1. The second-order valence-corrected chi connectivity index (χ2v) is 3.66. The van der Waals surface area contributed by atoms with Crippen molar-refractivity contribution in [3.05, 3.63) is 35.4 Å². The van der Waals surface area contributed by atoms with E-state index in [2.05, 4.69) is 5.32 Å². The second kappa shape index (κ2) is 5.18. The Morgan fingerprint density at radius 2 is 2.00 bits per heavy atom. The monoisotopic (exact) mass is 246 g/mol. The van der Waals surface area contributed by atoms with Crippen LogP contribution in [0.25, 0.3) is 0 Å². The molecule has 0 saturated heterocycles. The normalized spacial score (nSPS) is 13.2. The summed E-state index contributed by atoms with van der Waals surface area (Å²) in [6.07, 6.45) is -4.42. The van der Waals surface area contributed by atoms with E-state index in [0.29, 0.717) is 0 Å². The SMILES string of the molecule is C[C@@H](N)C(=O)NCc1ccccc1C(F)(F)F. The molecule has 0 heterocycles. The van der Waals surface area contributed by atoms with Gasteiger partial charge in [-0.05, 0) is 18.6 Å². The topological polar surface area (TPSA) is 55.1 Å². The number of nitrogens with one attached hydrogen (secondary N) is 1. The number of benzene rings is 1.